The Morgan fingerprint density at radius 3 is 2.33 bits per heavy atom. The summed E-state index contributed by atoms with van der Waals surface area (Å²) in [5.74, 6) is -0.689. The molecule has 0 spiro atoms. The molecule has 1 fully saturated rings. The van der Waals surface area contributed by atoms with Gasteiger partial charge in [0.25, 0.3) is 5.91 Å². The number of carbonyl (C=O) groups excluding carboxylic acids is 3. The maximum Gasteiger partial charge on any atom is 0.410 e. The van der Waals surface area contributed by atoms with Crippen molar-refractivity contribution in [2.75, 3.05) is 20.2 Å². The highest BCUT2D eigenvalue weighted by Crippen LogP contribution is 2.20. The number of halogens is 1. The number of piperidine rings is 1. The Labute approximate surface area is 167 Å². The predicted molar refractivity (Wildman–Crippen MR) is 104 cm³/mol. The average Bonchev–Trinajstić information content (AvgIpc) is 2.60. The molecule has 0 radical (unpaired) electrons. The fourth-order valence-electron chi connectivity index (χ4n) is 2.73. The molecular formula is C19H25BrN2O5. The second-order valence-electron chi connectivity index (χ2n) is 7.40. The number of methoxy groups -OCH3 is 1. The third-order valence-electron chi connectivity index (χ3n) is 4.12. The topological polar surface area (TPSA) is 84.9 Å². The van der Waals surface area contributed by atoms with Crippen molar-refractivity contribution in [2.24, 2.45) is 0 Å². The zero-order valence-electron chi connectivity index (χ0n) is 16.0. The van der Waals surface area contributed by atoms with Crippen LogP contribution in [0, 0.1) is 0 Å². The number of nitrogens with one attached hydrogen (secondary N) is 1. The van der Waals surface area contributed by atoms with E-state index in [1.807, 2.05) is 20.8 Å². The minimum atomic E-state index is -0.522. The molecule has 1 heterocycles. The summed E-state index contributed by atoms with van der Waals surface area (Å²) in [5, 5.41) is 2.98. The summed E-state index contributed by atoms with van der Waals surface area (Å²) in [7, 11) is 1.30. The van der Waals surface area contributed by atoms with Crippen molar-refractivity contribution in [1.82, 2.24) is 10.2 Å². The number of carbonyl (C=O) groups is 3. The first-order valence-corrected chi connectivity index (χ1v) is 9.56. The van der Waals surface area contributed by atoms with Crippen LogP contribution in [0.15, 0.2) is 22.7 Å². The summed E-state index contributed by atoms with van der Waals surface area (Å²) in [6, 6.07) is 4.71. The van der Waals surface area contributed by atoms with Gasteiger partial charge in [0.2, 0.25) is 0 Å². The molecule has 0 aliphatic carbocycles. The summed E-state index contributed by atoms with van der Waals surface area (Å²) in [5.41, 5.74) is 0.287. The van der Waals surface area contributed by atoms with Crippen molar-refractivity contribution in [3.05, 3.63) is 33.8 Å². The zero-order chi connectivity index (χ0) is 20.2. The summed E-state index contributed by atoms with van der Waals surface area (Å²) >= 11 is 3.29. The van der Waals surface area contributed by atoms with Crippen molar-refractivity contribution in [2.45, 2.75) is 45.3 Å². The first-order valence-electron chi connectivity index (χ1n) is 8.77. The standard InChI is InChI=1S/C19H25BrN2O5/c1-19(2,3)27-18(25)22-9-7-13(8-10-22)21-16(23)12-5-6-14(15(20)11-12)17(24)26-4/h5-6,11,13H,7-10H2,1-4H3,(H,21,23). The largest absolute Gasteiger partial charge is 0.465 e. The zero-order valence-corrected chi connectivity index (χ0v) is 17.6. The predicted octanol–water partition coefficient (Wildman–Crippen LogP) is 3.37. The lowest BCUT2D eigenvalue weighted by Gasteiger charge is -2.33. The average molecular weight is 441 g/mol. The molecule has 0 aromatic heterocycles. The van der Waals surface area contributed by atoms with E-state index in [1.165, 1.54) is 7.11 Å². The van der Waals surface area contributed by atoms with E-state index in [9.17, 15) is 14.4 Å². The molecule has 1 N–H and O–H groups in total. The van der Waals surface area contributed by atoms with Crippen LogP contribution in [0.5, 0.6) is 0 Å². The number of benzene rings is 1. The van der Waals surface area contributed by atoms with Gasteiger partial charge in [0, 0.05) is 29.2 Å². The highest BCUT2D eigenvalue weighted by atomic mass is 79.9. The quantitative estimate of drug-likeness (QED) is 0.728. The Hall–Kier alpha value is -2.09. The third kappa shape index (κ3) is 5.95. The van der Waals surface area contributed by atoms with Crippen LogP contribution in [0.2, 0.25) is 0 Å². The Morgan fingerprint density at radius 2 is 1.81 bits per heavy atom. The van der Waals surface area contributed by atoms with Gasteiger partial charge in [-0.25, -0.2) is 9.59 Å². The van der Waals surface area contributed by atoms with Crippen LogP contribution < -0.4 is 5.32 Å². The fourth-order valence-corrected chi connectivity index (χ4v) is 3.27. The fraction of sp³-hybridized carbons (Fsp3) is 0.526. The second kappa shape index (κ2) is 8.73. The smallest absolute Gasteiger partial charge is 0.410 e. The van der Waals surface area contributed by atoms with E-state index in [4.69, 9.17) is 4.74 Å². The Morgan fingerprint density at radius 1 is 1.19 bits per heavy atom. The van der Waals surface area contributed by atoms with Crippen LogP contribution in [-0.2, 0) is 9.47 Å². The van der Waals surface area contributed by atoms with Gasteiger partial charge in [-0.15, -0.1) is 0 Å². The van der Waals surface area contributed by atoms with Gasteiger partial charge < -0.3 is 19.7 Å². The Kier molecular flexibility index (Phi) is 6.86. The molecule has 1 aliphatic rings. The van der Waals surface area contributed by atoms with Gasteiger partial charge in [0.15, 0.2) is 0 Å². The van der Waals surface area contributed by atoms with Crippen LogP contribution in [0.4, 0.5) is 4.79 Å². The Bertz CT molecular complexity index is 721. The van der Waals surface area contributed by atoms with E-state index < -0.39 is 11.6 Å². The summed E-state index contributed by atoms with van der Waals surface area (Å²) in [4.78, 5) is 37.8. The van der Waals surface area contributed by atoms with E-state index in [-0.39, 0.29) is 18.0 Å². The third-order valence-corrected chi connectivity index (χ3v) is 4.77. The molecule has 1 saturated heterocycles. The monoisotopic (exact) mass is 440 g/mol. The molecule has 2 rings (SSSR count). The van der Waals surface area contributed by atoms with Crippen molar-refractivity contribution in [3.8, 4) is 0 Å². The highest BCUT2D eigenvalue weighted by Gasteiger charge is 2.27. The number of amides is 2. The molecule has 8 heteroatoms. The lowest BCUT2D eigenvalue weighted by molar-refractivity contribution is 0.0199. The van der Waals surface area contributed by atoms with Gasteiger partial charge in [0.1, 0.15) is 5.60 Å². The molecule has 2 amide bonds. The molecule has 0 bridgehead atoms. The van der Waals surface area contributed by atoms with Gasteiger partial charge in [-0.3, -0.25) is 4.79 Å². The van der Waals surface area contributed by atoms with Crippen LogP contribution in [-0.4, -0.2) is 54.7 Å². The molecule has 0 saturated carbocycles. The summed E-state index contributed by atoms with van der Waals surface area (Å²) in [6.45, 7) is 6.57. The van der Waals surface area contributed by atoms with Gasteiger partial charge >= 0.3 is 12.1 Å². The molecule has 7 nitrogen and oxygen atoms in total. The second-order valence-corrected chi connectivity index (χ2v) is 8.26. The van der Waals surface area contributed by atoms with Crippen LogP contribution >= 0.6 is 15.9 Å². The van der Waals surface area contributed by atoms with Gasteiger partial charge in [-0.1, -0.05) is 0 Å². The number of rotatable bonds is 3. The molecule has 27 heavy (non-hydrogen) atoms. The number of nitrogens with zero attached hydrogens (tertiary/aromatic N) is 1. The Balaban J connectivity index is 1.90. The van der Waals surface area contributed by atoms with Crippen molar-refractivity contribution < 1.29 is 23.9 Å². The first-order chi connectivity index (χ1) is 12.6. The van der Waals surface area contributed by atoms with Crippen LogP contribution in [0.1, 0.15) is 54.3 Å². The maximum atomic E-state index is 12.5. The number of esters is 1. The number of hydrogen-bond acceptors (Lipinski definition) is 5. The molecular weight excluding hydrogens is 416 g/mol. The molecule has 1 aromatic carbocycles. The van der Waals surface area contributed by atoms with Crippen molar-refractivity contribution >= 4 is 33.9 Å². The first kappa shape index (κ1) is 21.2. The lowest BCUT2D eigenvalue weighted by Crippen LogP contribution is -2.47. The van der Waals surface area contributed by atoms with E-state index in [0.717, 1.165) is 0 Å². The van der Waals surface area contributed by atoms with Crippen molar-refractivity contribution in [1.29, 1.82) is 0 Å². The highest BCUT2D eigenvalue weighted by molar-refractivity contribution is 9.10. The van der Waals surface area contributed by atoms with Gasteiger partial charge in [0.05, 0.1) is 12.7 Å². The molecule has 1 aromatic rings. The van der Waals surface area contributed by atoms with E-state index in [1.54, 1.807) is 23.1 Å². The maximum absolute atomic E-state index is 12.5. The minimum absolute atomic E-state index is 0.0183. The van der Waals surface area contributed by atoms with Crippen LogP contribution in [0.25, 0.3) is 0 Å². The number of ether oxygens (including phenoxy) is 2. The van der Waals surface area contributed by atoms with Gasteiger partial charge in [-0.05, 0) is 67.7 Å². The number of hydrogen-bond donors (Lipinski definition) is 1. The van der Waals surface area contributed by atoms with Crippen molar-refractivity contribution in [3.63, 3.8) is 0 Å². The van der Waals surface area contributed by atoms with E-state index in [0.29, 0.717) is 41.5 Å². The van der Waals surface area contributed by atoms with E-state index in [2.05, 4.69) is 26.0 Å². The molecule has 0 unspecified atom stereocenters. The minimum Gasteiger partial charge on any atom is -0.465 e. The van der Waals surface area contributed by atoms with Crippen LogP contribution in [0.3, 0.4) is 0 Å². The van der Waals surface area contributed by atoms with E-state index >= 15 is 0 Å². The normalized spacial score (nSPS) is 15.2. The number of likely N-dealkylation sites (tertiary alicyclic amines) is 1. The van der Waals surface area contributed by atoms with Gasteiger partial charge in [-0.2, -0.15) is 0 Å². The summed E-state index contributed by atoms with van der Waals surface area (Å²) < 4.78 is 10.6. The summed E-state index contributed by atoms with van der Waals surface area (Å²) in [6.07, 6.45) is 0.994. The molecule has 0 atom stereocenters. The molecule has 148 valence electrons. The lowest BCUT2D eigenvalue weighted by atomic mass is 10.0. The molecule has 1 aliphatic heterocycles. The SMILES string of the molecule is COC(=O)c1ccc(C(=O)NC2CCN(C(=O)OC(C)(C)C)CC2)cc1Br.